The molecular weight excluding hydrogens is 244 g/mol. The smallest absolute Gasteiger partial charge is 0.354 e. The van der Waals surface area contributed by atoms with Gasteiger partial charge in [-0.15, -0.1) is 0 Å². The maximum Gasteiger partial charge on any atom is 0.354 e. The van der Waals surface area contributed by atoms with E-state index in [1.807, 2.05) is 4.68 Å². The van der Waals surface area contributed by atoms with Gasteiger partial charge in [-0.1, -0.05) is 0 Å². The molecule has 19 heavy (non-hydrogen) atoms. The summed E-state index contributed by atoms with van der Waals surface area (Å²) in [5.74, 6) is -1.00. The minimum atomic E-state index is -1.00. The predicted molar refractivity (Wildman–Crippen MR) is 70.3 cm³/mol. The van der Waals surface area contributed by atoms with Crippen LogP contribution in [0.1, 0.15) is 29.4 Å². The first-order chi connectivity index (χ1) is 9.15. The lowest BCUT2D eigenvalue weighted by molar-refractivity contribution is 0.0691. The molecule has 0 amide bonds. The number of aromatic nitrogens is 3. The summed E-state index contributed by atoms with van der Waals surface area (Å²) in [5.41, 5.74) is 0.747. The lowest BCUT2D eigenvalue weighted by Crippen LogP contribution is -2.31. The second-order valence-corrected chi connectivity index (χ2v) is 5.04. The monoisotopic (exact) mass is 260 g/mol. The molecule has 1 N–H and O–H groups in total. The summed E-state index contributed by atoms with van der Waals surface area (Å²) in [7, 11) is 2.11. The molecule has 0 bridgehead atoms. The van der Waals surface area contributed by atoms with E-state index >= 15 is 0 Å². The number of carbonyl (C=O) groups is 1. The minimum absolute atomic E-state index is 0.0715. The number of carboxylic acids is 1. The van der Waals surface area contributed by atoms with Crippen molar-refractivity contribution in [1.29, 1.82) is 0 Å². The van der Waals surface area contributed by atoms with E-state index in [0.717, 1.165) is 31.3 Å². The van der Waals surface area contributed by atoms with Crippen molar-refractivity contribution in [3.8, 4) is 0 Å². The molecule has 0 unspecified atom stereocenters. The summed E-state index contributed by atoms with van der Waals surface area (Å²) in [4.78, 5) is 17.5. The summed E-state index contributed by atoms with van der Waals surface area (Å²) in [6.45, 7) is 2.06. The Hall–Kier alpha value is -1.95. The normalized spacial score (nSPS) is 17.9. The molecule has 0 aromatic carbocycles. The number of aromatic carboxylic acids is 1. The van der Waals surface area contributed by atoms with Crippen molar-refractivity contribution in [2.24, 2.45) is 0 Å². The lowest BCUT2D eigenvalue weighted by Gasteiger charge is -2.29. The molecule has 2 aromatic heterocycles. The molecule has 1 fully saturated rings. The second-order valence-electron chi connectivity index (χ2n) is 5.04. The number of likely N-dealkylation sites (tertiary alicyclic amines) is 1. The van der Waals surface area contributed by atoms with Crippen molar-refractivity contribution in [3.63, 3.8) is 0 Å². The molecule has 0 spiro atoms. The fourth-order valence-corrected chi connectivity index (χ4v) is 2.55. The van der Waals surface area contributed by atoms with Crippen molar-refractivity contribution in [1.82, 2.24) is 19.7 Å². The molecule has 0 atom stereocenters. The van der Waals surface area contributed by atoms with E-state index in [9.17, 15) is 4.79 Å². The zero-order valence-electron chi connectivity index (χ0n) is 10.8. The average molecular weight is 260 g/mol. The number of nitrogens with zero attached hydrogens (tertiary/aromatic N) is 4. The molecule has 1 aliphatic heterocycles. The van der Waals surface area contributed by atoms with Crippen LogP contribution in [0, 0.1) is 0 Å². The number of piperidine rings is 1. The van der Waals surface area contributed by atoms with Crippen LogP contribution in [0.2, 0.25) is 0 Å². The van der Waals surface area contributed by atoms with Crippen LogP contribution < -0.4 is 0 Å². The van der Waals surface area contributed by atoms with Gasteiger partial charge >= 0.3 is 5.97 Å². The van der Waals surface area contributed by atoms with E-state index < -0.39 is 5.97 Å². The summed E-state index contributed by atoms with van der Waals surface area (Å²) >= 11 is 0. The van der Waals surface area contributed by atoms with Crippen LogP contribution >= 0.6 is 0 Å². The summed E-state index contributed by atoms with van der Waals surface area (Å²) in [6, 6.07) is 3.60. The van der Waals surface area contributed by atoms with Crippen molar-refractivity contribution in [2.45, 2.75) is 18.9 Å². The Balaban J connectivity index is 1.99. The first-order valence-corrected chi connectivity index (χ1v) is 6.41. The molecule has 2 aromatic rings. The van der Waals surface area contributed by atoms with Gasteiger partial charge in [-0.05, 0) is 45.1 Å². The zero-order chi connectivity index (χ0) is 13.4. The average Bonchev–Trinajstić information content (AvgIpc) is 2.82. The molecular formula is C13H16N4O2. The maximum absolute atomic E-state index is 11.0. The Bertz CT molecular complexity index is 614. The Morgan fingerprint density at radius 1 is 1.37 bits per heavy atom. The van der Waals surface area contributed by atoms with E-state index in [1.165, 1.54) is 6.07 Å². The van der Waals surface area contributed by atoms with E-state index in [4.69, 9.17) is 5.11 Å². The lowest BCUT2D eigenvalue weighted by atomic mass is 10.1. The SMILES string of the molecule is CN1CCC(n2ncc3ccc(C(=O)O)nc32)CC1. The molecule has 6 heteroatoms. The van der Waals surface area contributed by atoms with Gasteiger partial charge in [0.15, 0.2) is 11.3 Å². The standard InChI is InChI=1S/C13H16N4O2/c1-16-6-4-10(5-7-16)17-12-9(8-14-17)2-3-11(15-12)13(18)19/h2-3,8,10H,4-7H2,1H3,(H,18,19). The Kier molecular flexibility index (Phi) is 2.94. The highest BCUT2D eigenvalue weighted by molar-refractivity contribution is 5.88. The van der Waals surface area contributed by atoms with E-state index in [1.54, 1.807) is 12.3 Å². The molecule has 0 radical (unpaired) electrons. The highest BCUT2D eigenvalue weighted by Crippen LogP contribution is 2.24. The summed E-state index contributed by atoms with van der Waals surface area (Å²) in [5, 5.41) is 14.3. The van der Waals surface area contributed by atoms with Crippen LogP contribution in [-0.4, -0.2) is 50.9 Å². The van der Waals surface area contributed by atoms with Crippen LogP contribution in [0.4, 0.5) is 0 Å². The van der Waals surface area contributed by atoms with Crippen LogP contribution in [0.25, 0.3) is 11.0 Å². The molecule has 6 nitrogen and oxygen atoms in total. The fourth-order valence-electron chi connectivity index (χ4n) is 2.55. The Morgan fingerprint density at radius 3 is 2.79 bits per heavy atom. The molecule has 0 saturated carbocycles. The maximum atomic E-state index is 11.0. The molecule has 3 rings (SSSR count). The molecule has 0 aliphatic carbocycles. The van der Waals surface area contributed by atoms with Gasteiger partial charge < -0.3 is 10.0 Å². The van der Waals surface area contributed by atoms with Gasteiger partial charge in [0.1, 0.15) is 0 Å². The van der Waals surface area contributed by atoms with Crippen LogP contribution in [-0.2, 0) is 0 Å². The number of fused-ring (bicyclic) bond motifs is 1. The minimum Gasteiger partial charge on any atom is -0.477 e. The van der Waals surface area contributed by atoms with Gasteiger partial charge in [0.25, 0.3) is 0 Å². The Labute approximate surface area is 110 Å². The highest BCUT2D eigenvalue weighted by Gasteiger charge is 2.21. The van der Waals surface area contributed by atoms with Crippen LogP contribution in [0.15, 0.2) is 18.3 Å². The van der Waals surface area contributed by atoms with Gasteiger partial charge in [-0.2, -0.15) is 5.10 Å². The largest absolute Gasteiger partial charge is 0.477 e. The number of hydrogen-bond donors (Lipinski definition) is 1. The van der Waals surface area contributed by atoms with Crippen molar-refractivity contribution < 1.29 is 9.90 Å². The Morgan fingerprint density at radius 2 is 2.11 bits per heavy atom. The first kappa shape index (κ1) is 12.1. The molecule has 1 saturated heterocycles. The quantitative estimate of drug-likeness (QED) is 0.883. The van der Waals surface area contributed by atoms with Gasteiger partial charge in [-0.25, -0.2) is 14.5 Å². The number of rotatable bonds is 2. The first-order valence-electron chi connectivity index (χ1n) is 6.41. The molecule has 100 valence electrons. The number of pyridine rings is 1. The highest BCUT2D eigenvalue weighted by atomic mass is 16.4. The third-order valence-electron chi connectivity index (χ3n) is 3.70. The van der Waals surface area contributed by atoms with E-state index in [-0.39, 0.29) is 5.69 Å². The predicted octanol–water partition coefficient (Wildman–Crippen LogP) is 1.40. The third-order valence-corrected chi connectivity index (χ3v) is 3.70. The van der Waals surface area contributed by atoms with Crippen LogP contribution in [0.5, 0.6) is 0 Å². The fraction of sp³-hybridized carbons (Fsp3) is 0.462. The van der Waals surface area contributed by atoms with Gasteiger partial charge in [0, 0.05) is 5.39 Å². The molecule has 3 heterocycles. The van der Waals surface area contributed by atoms with Gasteiger partial charge in [0.2, 0.25) is 0 Å². The van der Waals surface area contributed by atoms with E-state index in [0.29, 0.717) is 11.7 Å². The van der Waals surface area contributed by atoms with E-state index in [2.05, 4.69) is 22.0 Å². The number of carboxylic acid groups (broad SMARTS) is 1. The van der Waals surface area contributed by atoms with Gasteiger partial charge in [0.05, 0.1) is 12.2 Å². The summed E-state index contributed by atoms with van der Waals surface area (Å²) < 4.78 is 1.88. The van der Waals surface area contributed by atoms with Crippen LogP contribution in [0.3, 0.4) is 0 Å². The second kappa shape index (κ2) is 4.62. The van der Waals surface area contributed by atoms with Gasteiger partial charge in [-0.3, -0.25) is 0 Å². The summed E-state index contributed by atoms with van der Waals surface area (Å²) in [6.07, 6.45) is 3.80. The molecule has 1 aliphatic rings. The van der Waals surface area contributed by atoms with Crippen molar-refractivity contribution in [2.75, 3.05) is 20.1 Å². The zero-order valence-corrected chi connectivity index (χ0v) is 10.8. The number of hydrogen-bond acceptors (Lipinski definition) is 4. The topological polar surface area (TPSA) is 71.2 Å². The third kappa shape index (κ3) is 2.19. The van der Waals surface area contributed by atoms with Crippen molar-refractivity contribution in [3.05, 3.63) is 24.0 Å². The van der Waals surface area contributed by atoms with Crippen molar-refractivity contribution >= 4 is 17.0 Å².